The third-order valence-electron chi connectivity index (χ3n) is 3.90. The van der Waals surface area contributed by atoms with Gasteiger partial charge in [-0.25, -0.2) is 4.39 Å². The van der Waals surface area contributed by atoms with Crippen molar-refractivity contribution < 1.29 is 4.39 Å². The molecule has 0 unspecified atom stereocenters. The van der Waals surface area contributed by atoms with Gasteiger partial charge in [0.1, 0.15) is 5.82 Å². The summed E-state index contributed by atoms with van der Waals surface area (Å²) in [6.07, 6.45) is 1.03. The van der Waals surface area contributed by atoms with E-state index in [4.69, 9.17) is 0 Å². The molecule has 142 valence electrons. The Morgan fingerprint density at radius 3 is 2.35 bits per heavy atom. The Morgan fingerprint density at radius 2 is 1.69 bits per heavy atom. The van der Waals surface area contributed by atoms with E-state index in [1.165, 1.54) is 17.7 Å². The third-order valence-corrected chi connectivity index (χ3v) is 3.90. The van der Waals surface area contributed by atoms with E-state index in [1.807, 2.05) is 6.07 Å². The van der Waals surface area contributed by atoms with Crippen molar-refractivity contribution in [1.82, 2.24) is 15.5 Å². The largest absolute Gasteiger partial charge is 0.356 e. The minimum Gasteiger partial charge on any atom is -0.356 e. The highest BCUT2D eigenvalue weighted by Gasteiger charge is 2.01. The maximum Gasteiger partial charge on any atom is 0.191 e. The molecule has 0 aliphatic heterocycles. The Hall–Kier alpha value is -1.67. The molecule has 0 saturated carbocycles. The zero-order valence-corrected chi connectivity index (χ0v) is 17.7. The summed E-state index contributed by atoms with van der Waals surface area (Å²) in [6.45, 7) is 3.44. The number of guanidine groups is 1. The molecule has 2 aromatic rings. The summed E-state index contributed by atoms with van der Waals surface area (Å²) in [5.74, 6) is 0.543. The number of hydrogen-bond acceptors (Lipinski definition) is 2. The van der Waals surface area contributed by atoms with Gasteiger partial charge < -0.3 is 15.5 Å². The molecule has 0 radical (unpaired) electrons. The van der Waals surface area contributed by atoms with Crippen LogP contribution in [0.1, 0.15) is 17.5 Å². The van der Waals surface area contributed by atoms with Gasteiger partial charge >= 0.3 is 0 Å². The summed E-state index contributed by atoms with van der Waals surface area (Å²) < 4.78 is 12.9. The molecule has 2 aromatic carbocycles. The standard InChI is InChI=1S/C20H27FN4.HI/c1-22-20(24-15-17-9-11-19(21)12-10-17)23-13-6-14-25(2)16-18-7-4-3-5-8-18;/h3-5,7-12H,6,13-16H2,1-2H3,(H2,22,23,24);1H. The van der Waals surface area contributed by atoms with Crippen molar-refractivity contribution in [2.75, 3.05) is 27.2 Å². The van der Waals surface area contributed by atoms with Crippen molar-refractivity contribution in [3.05, 3.63) is 71.5 Å². The van der Waals surface area contributed by atoms with Crippen LogP contribution >= 0.6 is 24.0 Å². The molecule has 0 bridgehead atoms. The van der Waals surface area contributed by atoms with Crippen molar-refractivity contribution in [2.45, 2.75) is 19.5 Å². The van der Waals surface area contributed by atoms with E-state index in [0.717, 1.165) is 37.6 Å². The lowest BCUT2D eigenvalue weighted by atomic mass is 10.2. The average Bonchev–Trinajstić information content (AvgIpc) is 2.63. The number of hydrogen-bond donors (Lipinski definition) is 2. The highest BCUT2D eigenvalue weighted by molar-refractivity contribution is 14.0. The lowest BCUT2D eigenvalue weighted by molar-refractivity contribution is 0.322. The van der Waals surface area contributed by atoms with Crippen LogP contribution < -0.4 is 10.6 Å². The van der Waals surface area contributed by atoms with Gasteiger partial charge in [0.15, 0.2) is 5.96 Å². The van der Waals surface area contributed by atoms with Gasteiger partial charge in [0.05, 0.1) is 0 Å². The van der Waals surface area contributed by atoms with Gasteiger partial charge in [-0.3, -0.25) is 4.99 Å². The van der Waals surface area contributed by atoms with E-state index in [0.29, 0.717) is 6.54 Å². The quantitative estimate of drug-likeness (QED) is 0.268. The van der Waals surface area contributed by atoms with Crippen LogP contribution in [0.5, 0.6) is 0 Å². The summed E-state index contributed by atoms with van der Waals surface area (Å²) in [7, 11) is 3.89. The van der Waals surface area contributed by atoms with Gasteiger partial charge in [-0.05, 0) is 43.3 Å². The molecule has 0 heterocycles. The van der Waals surface area contributed by atoms with Crippen LogP contribution in [-0.4, -0.2) is 38.0 Å². The molecule has 0 fully saturated rings. The fourth-order valence-electron chi connectivity index (χ4n) is 2.54. The van der Waals surface area contributed by atoms with Crippen molar-refractivity contribution in [3.8, 4) is 0 Å². The summed E-state index contributed by atoms with van der Waals surface area (Å²) in [5.41, 5.74) is 2.35. The monoisotopic (exact) mass is 470 g/mol. The lowest BCUT2D eigenvalue weighted by Crippen LogP contribution is -2.38. The first-order chi connectivity index (χ1) is 12.2. The molecule has 6 heteroatoms. The molecule has 26 heavy (non-hydrogen) atoms. The minimum absolute atomic E-state index is 0. The number of nitrogens with one attached hydrogen (secondary N) is 2. The van der Waals surface area contributed by atoms with Crippen molar-refractivity contribution in [1.29, 1.82) is 0 Å². The lowest BCUT2D eigenvalue weighted by Gasteiger charge is -2.17. The Bertz CT molecular complexity index is 647. The molecule has 4 nitrogen and oxygen atoms in total. The summed E-state index contributed by atoms with van der Waals surface area (Å²) in [4.78, 5) is 6.52. The molecular weight excluding hydrogens is 442 g/mol. The van der Waals surface area contributed by atoms with Crippen LogP contribution in [0.25, 0.3) is 0 Å². The molecule has 2 N–H and O–H groups in total. The van der Waals surface area contributed by atoms with E-state index in [-0.39, 0.29) is 29.8 Å². The van der Waals surface area contributed by atoms with E-state index < -0.39 is 0 Å². The normalized spacial score (nSPS) is 11.2. The highest BCUT2D eigenvalue weighted by Crippen LogP contribution is 2.03. The summed E-state index contributed by atoms with van der Waals surface area (Å²) in [6, 6.07) is 17.0. The topological polar surface area (TPSA) is 39.7 Å². The van der Waals surface area contributed by atoms with Crippen LogP contribution in [0.3, 0.4) is 0 Å². The molecule has 0 aliphatic rings. The van der Waals surface area contributed by atoms with E-state index in [1.54, 1.807) is 19.2 Å². The first kappa shape index (κ1) is 22.4. The maximum absolute atomic E-state index is 12.9. The first-order valence-electron chi connectivity index (χ1n) is 8.59. The minimum atomic E-state index is -0.217. The smallest absolute Gasteiger partial charge is 0.191 e. The van der Waals surface area contributed by atoms with Gasteiger partial charge in [0, 0.05) is 26.7 Å². The fraction of sp³-hybridized carbons (Fsp3) is 0.350. The predicted molar refractivity (Wildman–Crippen MR) is 117 cm³/mol. The second-order valence-electron chi connectivity index (χ2n) is 6.06. The summed E-state index contributed by atoms with van der Waals surface area (Å²) >= 11 is 0. The van der Waals surface area contributed by atoms with Crippen LogP contribution in [0.4, 0.5) is 4.39 Å². The number of rotatable bonds is 8. The van der Waals surface area contributed by atoms with E-state index >= 15 is 0 Å². The molecule has 0 saturated heterocycles. The second-order valence-corrected chi connectivity index (χ2v) is 6.06. The molecular formula is C20H28FIN4. The second kappa shape index (κ2) is 12.6. The van der Waals surface area contributed by atoms with E-state index in [9.17, 15) is 4.39 Å². The number of benzene rings is 2. The van der Waals surface area contributed by atoms with Crippen LogP contribution in [0.2, 0.25) is 0 Å². The van der Waals surface area contributed by atoms with Crippen molar-refractivity contribution in [2.24, 2.45) is 4.99 Å². The maximum atomic E-state index is 12.9. The molecule has 2 rings (SSSR count). The summed E-state index contributed by atoms with van der Waals surface area (Å²) in [5, 5.41) is 6.54. The van der Waals surface area contributed by atoms with Crippen LogP contribution in [0.15, 0.2) is 59.6 Å². The number of nitrogens with zero attached hydrogens (tertiary/aromatic N) is 2. The zero-order valence-electron chi connectivity index (χ0n) is 15.4. The molecule has 0 aromatic heterocycles. The molecule has 0 amide bonds. The predicted octanol–water partition coefficient (Wildman–Crippen LogP) is 3.63. The Balaban J connectivity index is 0.00000338. The Morgan fingerprint density at radius 1 is 1.00 bits per heavy atom. The molecule has 0 atom stereocenters. The van der Waals surface area contributed by atoms with Crippen LogP contribution in [-0.2, 0) is 13.1 Å². The Kier molecular flexibility index (Phi) is 10.9. The highest BCUT2D eigenvalue weighted by atomic mass is 127. The first-order valence-corrected chi connectivity index (χ1v) is 8.59. The average molecular weight is 470 g/mol. The third kappa shape index (κ3) is 8.62. The SMILES string of the molecule is CN=C(NCCCN(C)Cc1ccccc1)NCc1ccc(F)cc1.I. The molecule has 0 spiro atoms. The van der Waals surface area contributed by atoms with Crippen LogP contribution in [0, 0.1) is 5.82 Å². The van der Waals surface area contributed by atoms with Gasteiger partial charge in [0.2, 0.25) is 0 Å². The van der Waals surface area contributed by atoms with Gasteiger partial charge in [-0.2, -0.15) is 0 Å². The van der Waals surface area contributed by atoms with E-state index in [2.05, 4.69) is 51.8 Å². The number of halogens is 2. The fourth-order valence-corrected chi connectivity index (χ4v) is 2.54. The number of aliphatic imine (C=N–C) groups is 1. The zero-order chi connectivity index (χ0) is 17.9. The molecule has 0 aliphatic carbocycles. The van der Waals surface area contributed by atoms with Gasteiger partial charge in [-0.1, -0.05) is 42.5 Å². The van der Waals surface area contributed by atoms with Gasteiger partial charge in [-0.15, -0.1) is 24.0 Å². The Labute approximate surface area is 172 Å². The van der Waals surface area contributed by atoms with Gasteiger partial charge in [0.25, 0.3) is 0 Å². The van der Waals surface area contributed by atoms with Crippen molar-refractivity contribution in [3.63, 3.8) is 0 Å². The van der Waals surface area contributed by atoms with Crippen molar-refractivity contribution >= 4 is 29.9 Å².